The summed E-state index contributed by atoms with van der Waals surface area (Å²) < 4.78 is 95.4. The van der Waals surface area contributed by atoms with Gasteiger partial charge in [0.15, 0.2) is 24.7 Å². The lowest BCUT2D eigenvalue weighted by Gasteiger charge is -2.12. The molecule has 0 unspecified atom stereocenters. The van der Waals surface area contributed by atoms with E-state index in [1.165, 1.54) is 54.9 Å². The first-order valence-electron chi connectivity index (χ1n) is 12.5. The van der Waals surface area contributed by atoms with Crippen LogP contribution < -0.4 is 4.74 Å². The molecule has 3 heterocycles. The van der Waals surface area contributed by atoms with Crippen molar-refractivity contribution in [3.05, 3.63) is 107 Å². The number of fused-ring (bicyclic) bond motifs is 1. The van der Waals surface area contributed by atoms with Gasteiger partial charge in [-0.05, 0) is 35.4 Å². The van der Waals surface area contributed by atoms with Crippen molar-refractivity contribution in [2.24, 2.45) is 0 Å². The lowest BCUT2D eigenvalue weighted by Crippen LogP contribution is -2.07. The lowest BCUT2D eigenvalue weighted by atomic mass is 10.0. The molecule has 5 aromatic rings. The Morgan fingerprint density at radius 1 is 0.905 bits per heavy atom. The van der Waals surface area contributed by atoms with Gasteiger partial charge in [-0.25, -0.2) is 31.2 Å². The highest BCUT2D eigenvalue weighted by Crippen LogP contribution is 2.30. The van der Waals surface area contributed by atoms with Crippen molar-refractivity contribution >= 4 is 25.3 Å². The van der Waals surface area contributed by atoms with E-state index in [9.17, 15) is 25.6 Å². The van der Waals surface area contributed by atoms with Crippen LogP contribution in [0.1, 0.15) is 22.5 Å². The molecule has 0 spiro atoms. The van der Waals surface area contributed by atoms with Crippen molar-refractivity contribution < 1.29 is 34.7 Å². The number of benzene rings is 2. The fraction of sp³-hybridized carbons (Fsp3) is 0.172. The van der Waals surface area contributed by atoms with Crippen LogP contribution in [0.4, 0.5) is 13.2 Å². The van der Waals surface area contributed by atoms with E-state index in [0.29, 0.717) is 28.1 Å². The van der Waals surface area contributed by atoms with Crippen molar-refractivity contribution in [2.75, 3.05) is 12.5 Å². The van der Waals surface area contributed by atoms with Gasteiger partial charge in [-0.2, -0.15) is 8.78 Å². The standard InChI is InChI=1S/C29H24F3N3O5S2/c1-41(36,37)21-10-8-19(9-11-21)22-17-35-25(14-20-5-3-4-6-26(20)40-29(31)32)24(34-27(35)15-23(22)30)13-18-7-12-28(33-16-18)42(2,38)39/h3-12,15-17,29H,13-14H2,1-2H3. The molecule has 0 N–H and O–H groups in total. The Balaban J connectivity index is 1.64. The monoisotopic (exact) mass is 615 g/mol. The largest absolute Gasteiger partial charge is 0.435 e. The number of para-hydroxylation sites is 1. The summed E-state index contributed by atoms with van der Waals surface area (Å²) in [7, 11) is -6.96. The molecule has 0 aliphatic heterocycles. The Hall–Kier alpha value is -4.23. The predicted molar refractivity (Wildman–Crippen MR) is 150 cm³/mol. The zero-order chi connectivity index (χ0) is 30.2. The van der Waals surface area contributed by atoms with Gasteiger partial charge in [0.25, 0.3) is 0 Å². The summed E-state index contributed by atoms with van der Waals surface area (Å²) in [5.74, 6) is -0.621. The van der Waals surface area contributed by atoms with Crippen LogP contribution in [0.5, 0.6) is 5.75 Å². The van der Waals surface area contributed by atoms with Gasteiger partial charge in [0.1, 0.15) is 17.2 Å². The molecule has 0 aliphatic carbocycles. The van der Waals surface area contributed by atoms with Crippen LogP contribution in [0, 0.1) is 5.82 Å². The summed E-state index contributed by atoms with van der Waals surface area (Å²) in [5.41, 5.74) is 2.95. The Morgan fingerprint density at radius 3 is 2.24 bits per heavy atom. The van der Waals surface area contributed by atoms with E-state index in [4.69, 9.17) is 4.74 Å². The number of halogens is 3. The molecule has 13 heteroatoms. The van der Waals surface area contributed by atoms with E-state index in [0.717, 1.165) is 12.5 Å². The molecule has 0 atom stereocenters. The fourth-order valence-electron chi connectivity index (χ4n) is 4.55. The smallest absolute Gasteiger partial charge is 0.387 e. The number of ether oxygens (including phenoxy) is 1. The molecule has 0 saturated carbocycles. The molecule has 5 rings (SSSR count). The molecule has 8 nitrogen and oxygen atoms in total. The number of nitrogens with zero attached hydrogens (tertiary/aromatic N) is 3. The third kappa shape index (κ3) is 6.31. The van der Waals surface area contributed by atoms with Crippen LogP contribution in [0.3, 0.4) is 0 Å². The van der Waals surface area contributed by atoms with Gasteiger partial charge in [-0.15, -0.1) is 0 Å². The lowest BCUT2D eigenvalue weighted by molar-refractivity contribution is -0.0504. The Bertz CT molecular complexity index is 1990. The maximum Gasteiger partial charge on any atom is 0.387 e. The number of imidazole rings is 1. The normalized spacial score (nSPS) is 12.2. The summed E-state index contributed by atoms with van der Waals surface area (Å²) in [5, 5.41) is -0.0897. The average Bonchev–Trinajstić information content (AvgIpc) is 3.23. The predicted octanol–water partition coefficient (Wildman–Crippen LogP) is 5.13. The van der Waals surface area contributed by atoms with Gasteiger partial charge in [0.2, 0.25) is 0 Å². The SMILES string of the molecule is CS(=O)(=O)c1ccc(-c2cn3c(Cc4ccccc4OC(F)F)c(Cc4ccc(S(C)(=O)=O)nc4)nc3cc2F)cc1. The Morgan fingerprint density at radius 2 is 1.62 bits per heavy atom. The van der Waals surface area contributed by atoms with E-state index in [2.05, 4.69) is 9.97 Å². The molecule has 2 aromatic carbocycles. The van der Waals surface area contributed by atoms with E-state index < -0.39 is 32.1 Å². The van der Waals surface area contributed by atoms with Gasteiger partial charge < -0.3 is 9.14 Å². The molecule has 0 aliphatic rings. The highest BCUT2D eigenvalue weighted by Gasteiger charge is 2.20. The summed E-state index contributed by atoms with van der Waals surface area (Å²) in [4.78, 5) is 8.73. The Kier molecular flexibility index (Phi) is 7.82. The second kappa shape index (κ2) is 11.2. The minimum atomic E-state index is -3.50. The minimum Gasteiger partial charge on any atom is -0.435 e. The highest BCUT2D eigenvalue weighted by molar-refractivity contribution is 7.91. The first kappa shape index (κ1) is 29.3. The van der Waals surface area contributed by atoms with Gasteiger partial charge >= 0.3 is 6.61 Å². The average molecular weight is 616 g/mol. The molecule has 0 saturated heterocycles. The minimum absolute atomic E-state index is 0.0220. The van der Waals surface area contributed by atoms with Gasteiger partial charge in [0, 0.05) is 54.9 Å². The molecular formula is C29H24F3N3O5S2. The van der Waals surface area contributed by atoms with Gasteiger partial charge in [-0.1, -0.05) is 36.4 Å². The molecule has 0 fully saturated rings. The third-order valence-corrected chi connectivity index (χ3v) is 8.71. The molecule has 0 bridgehead atoms. The Labute approximate surface area is 240 Å². The molecular weight excluding hydrogens is 591 g/mol. The zero-order valence-corrected chi connectivity index (χ0v) is 24.0. The van der Waals surface area contributed by atoms with Crippen LogP contribution >= 0.6 is 0 Å². The summed E-state index contributed by atoms with van der Waals surface area (Å²) in [6, 6.07) is 16.3. The summed E-state index contributed by atoms with van der Waals surface area (Å²) in [6.45, 7) is -3.04. The van der Waals surface area contributed by atoms with Gasteiger partial charge in [0.05, 0.1) is 16.3 Å². The second-order valence-corrected chi connectivity index (χ2v) is 13.7. The number of aromatic nitrogens is 3. The van der Waals surface area contributed by atoms with Crippen LogP contribution in [0.2, 0.25) is 0 Å². The first-order chi connectivity index (χ1) is 19.8. The summed E-state index contributed by atoms with van der Waals surface area (Å²) >= 11 is 0. The zero-order valence-electron chi connectivity index (χ0n) is 22.3. The van der Waals surface area contributed by atoms with Crippen LogP contribution in [0.25, 0.3) is 16.8 Å². The first-order valence-corrected chi connectivity index (χ1v) is 16.3. The van der Waals surface area contributed by atoms with Crippen molar-refractivity contribution in [2.45, 2.75) is 29.4 Å². The number of pyridine rings is 2. The number of rotatable bonds is 9. The maximum absolute atomic E-state index is 15.4. The quantitative estimate of drug-likeness (QED) is 0.226. The van der Waals surface area contributed by atoms with Crippen molar-refractivity contribution in [1.29, 1.82) is 0 Å². The highest BCUT2D eigenvalue weighted by atomic mass is 32.2. The molecule has 42 heavy (non-hydrogen) atoms. The molecule has 3 aromatic heterocycles. The summed E-state index contributed by atoms with van der Waals surface area (Å²) in [6.07, 6.45) is 5.34. The number of sulfone groups is 2. The second-order valence-electron chi connectivity index (χ2n) is 9.68. The van der Waals surface area contributed by atoms with Gasteiger partial charge in [-0.3, -0.25) is 0 Å². The molecule has 0 amide bonds. The topological polar surface area (TPSA) is 108 Å². The van der Waals surface area contributed by atoms with Crippen LogP contribution in [0.15, 0.2) is 89.0 Å². The maximum atomic E-state index is 15.4. The molecule has 218 valence electrons. The van der Waals surface area contributed by atoms with Crippen molar-refractivity contribution in [3.8, 4) is 16.9 Å². The van der Waals surface area contributed by atoms with E-state index in [1.807, 2.05) is 0 Å². The van der Waals surface area contributed by atoms with Crippen LogP contribution in [-0.4, -0.2) is 50.3 Å². The van der Waals surface area contributed by atoms with Crippen molar-refractivity contribution in [3.63, 3.8) is 0 Å². The third-order valence-electron chi connectivity index (χ3n) is 6.58. The van der Waals surface area contributed by atoms with E-state index >= 15 is 4.39 Å². The van der Waals surface area contributed by atoms with E-state index in [-0.39, 0.29) is 39.7 Å². The molecule has 0 radical (unpaired) electrons. The number of alkyl halides is 2. The number of hydrogen-bond donors (Lipinski definition) is 0. The number of hydrogen-bond acceptors (Lipinski definition) is 7. The van der Waals surface area contributed by atoms with E-state index in [1.54, 1.807) is 28.7 Å². The fourth-order valence-corrected chi connectivity index (χ4v) is 5.74. The van der Waals surface area contributed by atoms with Crippen LogP contribution in [-0.2, 0) is 32.5 Å². The van der Waals surface area contributed by atoms with Crippen molar-refractivity contribution in [1.82, 2.24) is 14.4 Å².